The summed E-state index contributed by atoms with van der Waals surface area (Å²) >= 11 is 0. The number of hydrogen-bond acceptors (Lipinski definition) is 6. The Hall–Kier alpha value is -3.47. The first-order valence-corrected chi connectivity index (χ1v) is 5.87. The second-order valence-electron chi connectivity index (χ2n) is 4.16. The second-order valence-corrected chi connectivity index (χ2v) is 4.16. The van der Waals surface area contributed by atoms with E-state index in [0.29, 0.717) is 22.3 Å². The number of fused-ring (bicyclic) bond motifs is 1. The second kappa shape index (κ2) is 4.90. The quantitative estimate of drug-likeness (QED) is 0.665. The lowest BCUT2D eigenvalue weighted by Crippen LogP contribution is -2.01. The molecule has 8 heteroatoms. The van der Waals surface area contributed by atoms with Gasteiger partial charge in [0.2, 0.25) is 5.95 Å². The molecule has 3 aromatic rings. The third kappa shape index (κ3) is 2.35. The third-order valence-corrected chi connectivity index (χ3v) is 2.79. The Kier molecular flexibility index (Phi) is 2.93. The van der Waals surface area contributed by atoms with Crippen LogP contribution in [0.4, 0.5) is 11.6 Å². The average Bonchev–Trinajstić information content (AvgIpc) is 2.95. The van der Waals surface area contributed by atoms with E-state index in [1.54, 1.807) is 6.07 Å². The Morgan fingerprint density at radius 1 is 1.29 bits per heavy atom. The molecule has 3 rings (SSSR count). The molecule has 0 unspecified atom stereocenters. The molecule has 0 fully saturated rings. The van der Waals surface area contributed by atoms with Gasteiger partial charge in [0.05, 0.1) is 35.4 Å². The summed E-state index contributed by atoms with van der Waals surface area (Å²) < 4.78 is 0. The number of imidazole rings is 1. The lowest BCUT2D eigenvalue weighted by molar-refractivity contribution is 0.0699. The molecule has 102 valence electrons. The number of aromatic carboxylic acids is 1. The molecule has 2 heterocycles. The van der Waals surface area contributed by atoms with Gasteiger partial charge in [0.15, 0.2) is 0 Å². The molecular weight excluding hydrogens is 272 g/mol. The van der Waals surface area contributed by atoms with Crippen molar-refractivity contribution in [3.8, 4) is 6.07 Å². The van der Waals surface area contributed by atoms with E-state index in [0.717, 1.165) is 0 Å². The number of nitrogens with one attached hydrogen (secondary N) is 2. The van der Waals surface area contributed by atoms with E-state index in [2.05, 4.69) is 25.3 Å². The van der Waals surface area contributed by atoms with Gasteiger partial charge in [-0.2, -0.15) is 5.26 Å². The van der Waals surface area contributed by atoms with Crippen LogP contribution in [0.25, 0.3) is 11.0 Å². The molecule has 21 heavy (non-hydrogen) atoms. The van der Waals surface area contributed by atoms with Crippen molar-refractivity contribution in [3.63, 3.8) is 0 Å². The molecule has 0 spiro atoms. The zero-order chi connectivity index (χ0) is 14.8. The number of carboxylic acid groups (broad SMARTS) is 1. The minimum Gasteiger partial charge on any atom is -0.478 e. The Labute approximate surface area is 118 Å². The van der Waals surface area contributed by atoms with E-state index < -0.39 is 5.97 Å². The molecule has 0 aliphatic rings. The van der Waals surface area contributed by atoms with Gasteiger partial charge in [-0.3, -0.25) is 0 Å². The van der Waals surface area contributed by atoms with Crippen molar-refractivity contribution in [2.75, 3.05) is 5.32 Å². The van der Waals surface area contributed by atoms with Crippen LogP contribution in [0, 0.1) is 11.3 Å². The molecule has 3 N–H and O–H groups in total. The van der Waals surface area contributed by atoms with Crippen molar-refractivity contribution in [1.82, 2.24) is 19.9 Å². The molecule has 0 radical (unpaired) electrons. The van der Waals surface area contributed by atoms with E-state index in [9.17, 15) is 9.90 Å². The molecule has 2 aromatic heterocycles. The molecule has 0 saturated carbocycles. The van der Waals surface area contributed by atoms with E-state index in [-0.39, 0.29) is 11.5 Å². The smallest absolute Gasteiger partial charge is 0.338 e. The first-order chi connectivity index (χ1) is 10.2. The monoisotopic (exact) mass is 280 g/mol. The number of nitriles is 1. The van der Waals surface area contributed by atoms with Crippen LogP contribution in [0.5, 0.6) is 0 Å². The van der Waals surface area contributed by atoms with Gasteiger partial charge in [-0.1, -0.05) is 0 Å². The number of anilines is 2. The predicted molar refractivity (Wildman–Crippen MR) is 73.1 cm³/mol. The highest BCUT2D eigenvalue weighted by Gasteiger charge is 2.13. The van der Waals surface area contributed by atoms with Gasteiger partial charge in [0.25, 0.3) is 0 Å². The first-order valence-electron chi connectivity index (χ1n) is 5.87. The number of nitrogens with zero attached hydrogens (tertiary/aromatic N) is 4. The molecule has 0 aliphatic heterocycles. The van der Waals surface area contributed by atoms with Gasteiger partial charge in [-0.25, -0.2) is 19.7 Å². The SMILES string of the molecule is N#Cc1cnc(Nc2cc(C(=O)O)c3nc[nH]c3c2)nc1. The normalized spacial score (nSPS) is 10.2. The molecule has 8 nitrogen and oxygen atoms in total. The Morgan fingerprint density at radius 3 is 2.71 bits per heavy atom. The van der Waals surface area contributed by atoms with E-state index in [1.807, 2.05) is 6.07 Å². The fourth-order valence-corrected chi connectivity index (χ4v) is 1.86. The van der Waals surface area contributed by atoms with Gasteiger partial charge in [0.1, 0.15) is 11.6 Å². The van der Waals surface area contributed by atoms with Crippen LogP contribution in [0.15, 0.2) is 30.9 Å². The zero-order valence-electron chi connectivity index (χ0n) is 10.5. The summed E-state index contributed by atoms with van der Waals surface area (Å²) in [4.78, 5) is 26.0. The van der Waals surface area contributed by atoms with Crippen LogP contribution in [0.1, 0.15) is 15.9 Å². The van der Waals surface area contributed by atoms with Gasteiger partial charge in [-0.15, -0.1) is 0 Å². The molecule has 0 bridgehead atoms. The highest BCUT2D eigenvalue weighted by atomic mass is 16.4. The largest absolute Gasteiger partial charge is 0.478 e. The maximum atomic E-state index is 11.3. The van der Waals surface area contributed by atoms with Gasteiger partial charge < -0.3 is 15.4 Å². The van der Waals surface area contributed by atoms with Gasteiger partial charge in [-0.05, 0) is 12.1 Å². The van der Waals surface area contributed by atoms with Crippen LogP contribution >= 0.6 is 0 Å². The number of aromatic amines is 1. The Morgan fingerprint density at radius 2 is 2.05 bits per heavy atom. The molecule has 0 aliphatic carbocycles. The molecule has 0 atom stereocenters. The summed E-state index contributed by atoms with van der Waals surface area (Å²) in [6.45, 7) is 0. The van der Waals surface area contributed by atoms with Gasteiger partial charge in [0, 0.05) is 5.69 Å². The van der Waals surface area contributed by atoms with Crippen molar-refractivity contribution in [1.29, 1.82) is 5.26 Å². The summed E-state index contributed by atoms with van der Waals surface area (Å²) in [5, 5.41) is 20.8. The van der Waals surface area contributed by atoms with Crippen molar-refractivity contribution in [3.05, 3.63) is 42.0 Å². The van der Waals surface area contributed by atoms with E-state index in [4.69, 9.17) is 5.26 Å². The number of H-pyrrole nitrogens is 1. The summed E-state index contributed by atoms with van der Waals surface area (Å²) in [5.41, 5.74) is 1.90. The molecule has 1 aromatic carbocycles. The number of rotatable bonds is 3. The lowest BCUT2D eigenvalue weighted by Gasteiger charge is -2.06. The minimum absolute atomic E-state index is 0.0740. The predicted octanol–water partition coefficient (Wildman–Crippen LogP) is 1.67. The Bertz CT molecular complexity index is 862. The molecular formula is C13H8N6O2. The van der Waals surface area contributed by atoms with Gasteiger partial charge >= 0.3 is 5.97 Å². The fraction of sp³-hybridized carbons (Fsp3) is 0. The van der Waals surface area contributed by atoms with Crippen LogP contribution in [0.3, 0.4) is 0 Å². The van der Waals surface area contributed by atoms with Crippen LogP contribution in [0.2, 0.25) is 0 Å². The molecule has 0 saturated heterocycles. The fourth-order valence-electron chi connectivity index (χ4n) is 1.86. The highest BCUT2D eigenvalue weighted by Crippen LogP contribution is 2.23. The van der Waals surface area contributed by atoms with E-state index >= 15 is 0 Å². The van der Waals surface area contributed by atoms with Crippen LogP contribution in [-0.2, 0) is 0 Å². The summed E-state index contributed by atoms with van der Waals surface area (Å²) in [7, 11) is 0. The Balaban J connectivity index is 2.00. The number of hydrogen-bond donors (Lipinski definition) is 3. The number of carbonyl (C=O) groups is 1. The van der Waals surface area contributed by atoms with Crippen LogP contribution in [-0.4, -0.2) is 31.0 Å². The molecule has 0 amide bonds. The zero-order valence-corrected chi connectivity index (χ0v) is 10.5. The first kappa shape index (κ1) is 12.6. The summed E-state index contributed by atoms with van der Waals surface area (Å²) in [5.74, 6) is -0.805. The highest BCUT2D eigenvalue weighted by molar-refractivity contribution is 6.02. The van der Waals surface area contributed by atoms with Crippen LogP contribution < -0.4 is 5.32 Å². The third-order valence-electron chi connectivity index (χ3n) is 2.79. The maximum Gasteiger partial charge on any atom is 0.338 e. The summed E-state index contributed by atoms with van der Waals surface area (Å²) in [6, 6.07) is 5.08. The summed E-state index contributed by atoms with van der Waals surface area (Å²) in [6.07, 6.45) is 4.18. The number of carboxylic acids is 1. The minimum atomic E-state index is -1.07. The van der Waals surface area contributed by atoms with Crippen molar-refractivity contribution < 1.29 is 9.90 Å². The number of aromatic nitrogens is 4. The number of benzene rings is 1. The topological polar surface area (TPSA) is 128 Å². The average molecular weight is 280 g/mol. The standard InChI is InChI=1S/C13H8N6O2/c14-3-7-4-15-13(16-5-7)19-8-1-9(12(20)21)11-10(2-8)17-6-18-11/h1-2,4-6H,(H,17,18)(H,20,21)(H,15,16,19). The van der Waals surface area contributed by atoms with Crippen molar-refractivity contribution in [2.45, 2.75) is 0 Å². The van der Waals surface area contributed by atoms with Crippen molar-refractivity contribution in [2.24, 2.45) is 0 Å². The lowest BCUT2D eigenvalue weighted by atomic mass is 10.1. The van der Waals surface area contributed by atoms with E-state index in [1.165, 1.54) is 24.8 Å². The maximum absolute atomic E-state index is 11.3. The van der Waals surface area contributed by atoms with Crippen molar-refractivity contribution >= 4 is 28.6 Å².